The molecule has 21 heavy (non-hydrogen) atoms. The molecule has 0 spiro atoms. The third-order valence-electron chi connectivity index (χ3n) is 3.07. The Kier molecular flexibility index (Phi) is 4.92. The molecule has 6 heteroatoms. The highest BCUT2D eigenvalue weighted by Gasteiger charge is 2.26. The number of hydrogen-bond acceptors (Lipinski definition) is 6. The lowest BCUT2D eigenvalue weighted by Crippen LogP contribution is -2.15. The summed E-state index contributed by atoms with van der Waals surface area (Å²) in [5.41, 5.74) is 0.796. The number of esters is 1. The van der Waals surface area contributed by atoms with Gasteiger partial charge in [0.05, 0.1) is 13.7 Å². The Morgan fingerprint density at radius 2 is 2.00 bits per heavy atom. The number of carbonyl (C=O) groups is 1. The van der Waals surface area contributed by atoms with Crippen molar-refractivity contribution in [1.82, 2.24) is 10.1 Å². The minimum Gasteiger partial charge on any atom is -0.497 e. The predicted octanol–water partition coefficient (Wildman–Crippen LogP) is 2.80. The second-order valence-electron chi connectivity index (χ2n) is 4.40. The van der Waals surface area contributed by atoms with Crippen molar-refractivity contribution < 1.29 is 18.8 Å². The van der Waals surface area contributed by atoms with Gasteiger partial charge in [-0.05, 0) is 37.6 Å². The standard InChI is InChI=1S/C15H18N2O4/c1-4-12(15(18)20-5-2)14-16-13(17-21-14)10-6-8-11(19-3)9-7-10/h6-9,12H,4-5H2,1-3H3. The van der Waals surface area contributed by atoms with Crippen molar-refractivity contribution >= 4 is 5.97 Å². The van der Waals surface area contributed by atoms with Gasteiger partial charge in [0.2, 0.25) is 11.7 Å². The van der Waals surface area contributed by atoms with E-state index in [1.807, 2.05) is 31.2 Å². The molecule has 0 radical (unpaired) electrons. The van der Waals surface area contributed by atoms with Crippen molar-refractivity contribution in [1.29, 1.82) is 0 Å². The average Bonchev–Trinajstić information content (AvgIpc) is 2.98. The zero-order valence-corrected chi connectivity index (χ0v) is 12.3. The number of hydrogen-bond donors (Lipinski definition) is 0. The van der Waals surface area contributed by atoms with Gasteiger partial charge in [-0.15, -0.1) is 0 Å². The van der Waals surface area contributed by atoms with Crippen LogP contribution in [-0.2, 0) is 9.53 Å². The lowest BCUT2D eigenvalue weighted by molar-refractivity contribution is -0.145. The molecule has 0 saturated carbocycles. The third-order valence-corrected chi connectivity index (χ3v) is 3.07. The van der Waals surface area contributed by atoms with Crippen LogP contribution in [0, 0.1) is 0 Å². The van der Waals surface area contributed by atoms with E-state index in [2.05, 4.69) is 10.1 Å². The van der Waals surface area contributed by atoms with Gasteiger partial charge in [-0.3, -0.25) is 4.79 Å². The van der Waals surface area contributed by atoms with Crippen molar-refractivity contribution in [3.8, 4) is 17.1 Å². The molecule has 0 aliphatic carbocycles. The lowest BCUT2D eigenvalue weighted by atomic mass is 10.1. The van der Waals surface area contributed by atoms with Crippen molar-refractivity contribution in [2.45, 2.75) is 26.2 Å². The smallest absolute Gasteiger partial charge is 0.318 e. The van der Waals surface area contributed by atoms with Crippen LogP contribution in [-0.4, -0.2) is 29.8 Å². The Morgan fingerprint density at radius 3 is 2.57 bits per heavy atom. The van der Waals surface area contributed by atoms with E-state index in [1.165, 1.54) is 0 Å². The average molecular weight is 290 g/mol. The van der Waals surface area contributed by atoms with E-state index in [0.717, 1.165) is 11.3 Å². The van der Waals surface area contributed by atoms with E-state index in [0.29, 0.717) is 18.9 Å². The molecule has 0 bridgehead atoms. The highest BCUT2D eigenvalue weighted by molar-refractivity contribution is 5.76. The Morgan fingerprint density at radius 1 is 1.29 bits per heavy atom. The summed E-state index contributed by atoms with van der Waals surface area (Å²) in [5, 5.41) is 3.92. The summed E-state index contributed by atoms with van der Waals surface area (Å²) in [4.78, 5) is 16.1. The summed E-state index contributed by atoms with van der Waals surface area (Å²) >= 11 is 0. The first-order valence-electron chi connectivity index (χ1n) is 6.84. The number of ether oxygens (including phenoxy) is 2. The number of rotatable bonds is 6. The monoisotopic (exact) mass is 290 g/mol. The summed E-state index contributed by atoms with van der Waals surface area (Å²) in [6.07, 6.45) is 0.545. The first-order valence-corrected chi connectivity index (χ1v) is 6.84. The Labute approximate surface area is 123 Å². The molecule has 2 rings (SSSR count). The fourth-order valence-electron chi connectivity index (χ4n) is 1.92. The normalized spacial score (nSPS) is 12.0. The molecule has 112 valence electrons. The van der Waals surface area contributed by atoms with E-state index in [4.69, 9.17) is 14.0 Å². The van der Waals surface area contributed by atoms with Crippen LogP contribution in [0.4, 0.5) is 0 Å². The highest BCUT2D eigenvalue weighted by atomic mass is 16.5. The fraction of sp³-hybridized carbons (Fsp3) is 0.400. The summed E-state index contributed by atoms with van der Waals surface area (Å²) in [7, 11) is 1.60. The van der Waals surface area contributed by atoms with Crippen LogP contribution in [0.1, 0.15) is 32.1 Å². The highest BCUT2D eigenvalue weighted by Crippen LogP contribution is 2.24. The summed E-state index contributed by atoms with van der Waals surface area (Å²) < 4.78 is 15.3. The molecule has 6 nitrogen and oxygen atoms in total. The largest absolute Gasteiger partial charge is 0.497 e. The van der Waals surface area contributed by atoms with Crippen LogP contribution in [0.3, 0.4) is 0 Å². The molecule has 1 aromatic carbocycles. The predicted molar refractivity (Wildman–Crippen MR) is 76.0 cm³/mol. The molecular weight excluding hydrogens is 272 g/mol. The zero-order chi connectivity index (χ0) is 15.2. The third kappa shape index (κ3) is 3.39. The first-order chi connectivity index (χ1) is 10.2. The van der Waals surface area contributed by atoms with Gasteiger partial charge in [0, 0.05) is 5.56 Å². The topological polar surface area (TPSA) is 74.5 Å². The maximum absolute atomic E-state index is 11.8. The second-order valence-corrected chi connectivity index (χ2v) is 4.40. The zero-order valence-electron chi connectivity index (χ0n) is 12.3. The van der Waals surface area contributed by atoms with E-state index in [1.54, 1.807) is 14.0 Å². The van der Waals surface area contributed by atoms with Crippen LogP contribution >= 0.6 is 0 Å². The van der Waals surface area contributed by atoms with Gasteiger partial charge in [-0.25, -0.2) is 0 Å². The molecule has 1 heterocycles. The molecule has 0 aliphatic heterocycles. The Bertz CT molecular complexity index is 592. The number of benzene rings is 1. The van der Waals surface area contributed by atoms with Gasteiger partial charge >= 0.3 is 5.97 Å². The molecule has 0 N–H and O–H groups in total. The summed E-state index contributed by atoms with van der Waals surface area (Å²) in [5.74, 6) is 0.604. The molecule has 0 saturated heterocycles. The van der Waals surface area contributed by atoms with Crippen LogP contribution in [0.5, 0.6) is 5.75 Å². The van der Waals surface area contributed by atoms with Crippen molar-refractivity contribution in [2.24, 2.45) is 0 Å². The fourth-order valence-corrected chi connectivity index (χ4v) is 1.92. The summed E-state index contributed by atoms with van der Waals surface area (Å²) in [6, 6.07) is 7.29. The number of nitrogens with zero attached hydrogens (tertiary/aromatic N) is 2. The Balaban J connectivity index is 2.21. The molecule has 1 aromatic heterocycles. The minimum atomic E-state index is -0.524. The van der Waals surface area contributed by atoms with E-state index in [-0.39, 0.29) is 11.9 Å². The molecule has 0 fully saturated rings. The van der Waals surface area contributed by atoms with E-state index in [9.17, 15) is 4.79 Å². The first kappa shape index (κ1) is 15.0. The summed E-state index contributed by atoms with van der Waals surface area (Å²) in [6.45, 7) is 3.97. The molecule has 1 atom stereocenters. The molecular formula is C15H18N2O4. The van der Waals surface area contributed by atoms with Gasteiger partial charge in [-0.1, -0.05) is 12.1 Å². The maximum Gasteiger partial charge on any atom is 0.318 e. The van der Waals surface area contributed by atoms with Crippen LogP contribution in [0.25, 0.3) is 11.4 Å². The van der Waals surface area contributed by atoms with Crippen LogP contribution < -0.4 is 4.74 Å². The molecule has 2 aromatic rings. The Hall–Kier alpha value is -2.37. The number of carbonyl (C=O) groups excluding carboxylic acids is 1. The van der Waals surface area contributed by atoms with E-state index < -0.39 is 5.92 Å². The van der Waals surface area contributed by atoms with Gasteiger partial charge in [0.25, 0.3) is 0 Å². The van der Waals surface area contributed by atoms with Crippen molar-refractivity contribution in [3.63, 3.8) is 0 Å². The van der Waals surface area contributed by atoms with Crippen molar-refractivity contribution in [3.05, 3.63) is 30.2 Å². The number of aromatic nitrogens is 2. The van der Waals surface area contributed by atoms with Crippen molar-refractivity contribution in [2.75, 3.05) is 13.7 Å². The maximum atomic E-state index is 11.8. The van der Waals surface area contributed by atoms with Gasteiger partial charge in [0.15, 0.2) is 0 Å². The van der Waals surface area contributed by atoms with Crippen LogP contribution in [0.15, 0.2) is 28.8 Å². The quantitative estimate of drug-likeness (QED) is 0.761. The van der Waals surface area contributed by atoms with Gasteiger partial charge in [0.1, 0.15) is 11.7 Å². The lowest BCUT2D eigenvalue weighted by Gasteiger charge is -2.08. The van der Waals surface area contributed by atoms with Crippen LogP contribution in [0.2, 0.25) is 0 Å². The molecule has 0 amide bonds. The molecule has 1 unspecified atom stereocenters. The minimum absolute atomic E-state index is 0.279. The second kappa shape index (κ2) is 6.88. The van der Waals surface area contributed by atoms with E-state index >= 15 is 0 Å². The molecule has 0 aliphatic rings. The van der Waals surface area contributed by atoms with Gasteiger partial charge in [-0.2, -0.15) is 4.98 Å². The SMILES string of the molecule is CCOC(=O)C(CC)c1nc(-c2ccc(OC)cc2)no1. The number of methoxy groups -OCH3 is 1. The van der Waals surface area contributed by atoms with Gasteiger partial charge < -0.3 is 14.0 Å².